The standard InChI is InChI=1S/C19H19N5/c1-3-9-15(10-4-1)17-13-7-8-14-18(17)20-19-21-22-23-24(19)16-11-5-2-6-12-16/h1-6,9-13,18H,7-8,14H2,(H,20,21,23). The molecule has 5 heteroatoms. The normalized spacial score (nSPS) is 17.3. The van der Waals surface area contributed by atoms with Crippen molar-refractivity contribution in [3.63, 3.8) is 0 Å². The van der Waals surface area contributed by atoms with Crippen molar-refractivity contribution >= 4 is 11.5 Å². The third-order valence-electron chi connectivity index (χ3n) is 4.32. The van der Waals surface area contributed by atoms with Gasteiger partial charge in [-0.25, -0.2) is 0 Å². The number of nitrogens with zero attached hydrogens (tertiary/aromatic N) is 4. The molecule has 24 heavy (non-hydrogen) atoms. The lowest BCUT2D eigenvalue weighted by Crippen LogP contribution is -2.25. The van der Waals surface area contributed by atoms with Crippen molar-refractivity contribution in [1.82, 2.24) is 20.2 Å². The molecule has 120 valence electrons. The van der Waals surface area contributed by atoms with Crippen molar-refractivity contribution < 1.29 is 0 Å². The summed E-state index contributed by atoms with van der Waals surface area (Å²) in [5, 5.41) is 15.7. The summed E-state index contributed by atoms with van der Waals surface area (Å²) in [6, 6.07) is 20.7. The second-order valence-corrected chi connectivity index (χ2v) is 5.90. The number of allylic oxidation sites excluding steroid dienone is 1. The summed E-state index contributed by atoms with van der Waals surface area (Å²) in [6.45, 7) is 0. The molecule has 1 heterocycles. The third kappa shape index (κ3) is 2.93. The van der Waals surface area contributed by atoms with Crippen LogP contribution < -0.4 is 5.32 Å². The van der Waals surface area contributed by atoms with Crippen molar-refractivity contribution in [3.05, 3.63) is 72.3 Å². The highest BCUT2D eigenvalue weighted by atomic mass is 15.6. The number of anilines is 1. The van der Waals surface area contributed by atoms with Gasteiger partial charge in [-0.1, -0.05) is 59.7 Å². The highest BCUT2D eigenvalue weighted by Gasteiger charge is 2.21. The summed E-state index contributed by atoms with van der Waals surface area (Å²) in [6.07, 6.45) is 5.68. The highest BCUT2D eigenvalue weighted by Crippen LogP contribution is 2.29. The van der Waals surface area contributed by atoms with Gasteiger partial charge in [0.25, 0.3) is 0 Å². The summed E-state index contributed by atoms with van der Waals surface area (Å²) in [5.74, 6) is 0.676. The summed E-state index contributed by atoms with van der Waals surface area (Å²) in [4.78, 5) is 0. The van der Waals surface area contributed by atoms with E-state index in [-0.39, 0.29) is 6.04 Å². The van der Waals surface area contributed by atoms with Gasteiger partial charge in [-0.15, -0.1) is 0 Å². The molecule has 1 aliphatic rings. The number of hydrogen-bond acceptors (Lipinski definition) is 4. The van der Waals surface area contributed by atoms with Crippen LogP contribution in [0.25, 0.3) is 11.3 Å². The predicted octanol–water partition coefficient (Wildman–Crippen LogP) is 3.71. The SMILES string of the molecule is C1=C(c2ccccc2)C(Nc2nnnn2-c2ccccc2)CCC1. The Hall–Kier alpha value is -2.95. The van der Waals surface area contributed by atoms with E-state index >= 15 is 0 Å². The molecule has 3 aromatic rings. The molecule has 2 aromatic carbocycles. The smallest absolute Gasteiger partial charge is 0.248 e. The molecule has 1 N–H and O–H groups in total. The molecule has 0 fully saturated rings. The van der Waals surface area contributed by atoms with E-state index in [1.807, 2.05) is 36.4 Å². The Morgan fingerprint density at radius 2 is 1.71 bits per heavy atom. The largest absolute Gasteiger partial charge is 0.346 e. The van der Waals surface area contributed by atoms with Gasteiger partial charge < -0.3 is 5.32 Å². The van der Waals surface area contributed by atoms with Crippen molar-refractivity contribution in [2.24, 2.45) is 0 Å². The first-order chi connectivity index (χ1) is 11.9. The van der Waals surface area contributed by atoms with Crippen LogP contribution in [0.15, 0.2) is 66.7 Å². The Morgan fingerprint density at radius 1 is 0.958 bits per heavy atom. The van der Waals surface area contributed by atoms with Crippen molar-refractivity contribution in [3.8, 4) is 5.69 Å². The van der Waals surface area contributed by atoms with E-state index < -0.39 is 0 Å². The molecule has 0 saturated carbocycles. The summed E-state index contributed by atoms with van der Waals surface area (Å²) >= 11 is 0. The van der Waals surface area contributed by atoms with Crippen LogP contribution in [0, 0.1) is 0 Å². The van der Waals surface area contributed by atoms with Gasteiger partial charge in [0.1, 0.15) is 0 Å². The molecule has 1 atom stereocenters. The molecular formula is C19H19N5. The zero-order valence-electron chi connectivity index (χ0n) is 13.3. The van der Waals surface area contributed by atoms with E-state index in [1.54, 1.807) is 4.68 Å². The van der Waals surface area contributed by atoms with E-state index in [9.17, 15) is 0 Å². The quantitative estimate of drug-likeness (QED) is 0.797. The predicted molar refractivity (Wildman–Crippen MR) is 94.8 cm³/mol. The zero-order valence-corrected chi connectivity index (χ0v) is 13.3. The van der Waals surface area contributed by atoms with Crippen LogP contribution >= 0.6 is 0 Å². The zero-order chi connectivity index (χ0) is 16.2. The number of hydrogen-bond donors (Lipinski definition) is 1. The monoisotopic (exact) mass is 317 g/mol. The molecule has 4 rings (SSSR count). The summed E-state index contributed by atoms with van der Waals surface area (Å²) in [7, 11) is 0. The second-order valence-electron chi connectivity index (χ2n) is 5.90. The van der Waals surface area contributed by atoms with Gasteiger partial charge in [-0.3, -0.25) is 0 Å². The van der Waals surface area contributed by atoms with Gasteiger partial charge in [0, 0.05) is 0 Å². The molecular weight excluding hydrogens is 298 g/mol. The number of aromatic nitrogens is 4. The number of rotatable bonds is 4. The van der Waals surface area contributed by atoms with Crippen LogP contribution in [0.5, 0.6) is 0 Å². The molecule has 5 nitrogen and oxygen atoms in total. The molecule has 0 amide bonds. The topological polar surface area (TPSA) is 55.6 Å². The van der Waals surface area contributed by atoms with Gasteiger partial charge in [0.2, 0.25) is 5.95 Å². The van der Waals surface area contributed by atoms with Crippen LogP contribution in [0.3, 0.4) is 0 Å². The van der Waals surface area contributed by atoms with Crippen LogP contribution in [-0.2, 0) is 0 Å². The Balaban J connectivity index is 1.62. The fourth-order valence-corrected chi connectivity index (χ4v) is 3.15. The summed E-state index contributed by atoms with van der Waals surface area (Å²) in [5.41, 5.74) is 3.53. The Kier molecular flexibility index (Phi) is 4.06. The second kappa shape index (κ2) is 6.66. The van der Waals surface area contributed by atoms with Crippen molar-refractivity contribution in [2.75, 3.05) is 5.32 Å². The molecule has 1 aromatic heterocycles. The minimum atomic E-state index is 0.217. The van der Waals surface area contributed by atoms with E-state index in [2.05, 4.69) is 51.2 Å². The van der Waals surface area contributed by atoms with Gasteiger partial charge in [-0.2, -0.15) is 4.68 Å². The maximum Gasteiger partial charge on any atom is 0.248 e. The van der Waals surface area contributed by atoms with Crippen molar-refractivity contribution in [2.45, 2.75) is 25.3 Å². The fraction of sp³-hybridized carbons (Fsp3) is 0.211. The maximum atomic E-state index is 4.18. The van der Waals surface area contributed by atoms with E-state index in [4.69, 9.17) is 0 Å². The third-order valence-corrected chi connectivity index (χ3v) is 4.32. The van der Waals surface area contributed by atoms with Crippen LogP contribution in [0.1, 0.15) is 24.8 Å². The van der Waals surface area contributed by atoms with Gasteiger partial charge in [0.05, 0.1) is 11.7 Å². The number of tetrazole rings is 1. The average Bonchev–Trinajstić information content (AvgIpc) is 3.12. The van der Waals surface area contributed by atoms with Crippen molar-refractivity contribution in [1.29, 1.82) is 0 Å². The lowest BCUT2D eigenvalue weighted by Gasteiger charge is -2.26. The van der Waals surface area contributed by atoms with E-state index in [0.29, 0.717) is 5.95 Å². The molecule has 1 aliphatic carbocycles. The number of para-hydroxylation sites is 1. The Morgan fingerprint density at radius 3 is 2.50 bits per heavy atom. The first-order valence-corrected chi connectivity index (χ1v) is 8.27. The number of nitrogens with one attached hydrogen (secondary N) is 1. The van der Waals surface area contributed by atoms with E-state index in [0.717, 1.165) is 18.5 Å². The molecule has 1 unspecified atom stereocenters. The van der Waals surface area contributed by atoms with Crippen LogP contribution in [0.4, 0.5) is 5.95 Å². The van der Waals surface area contributed by atoms with Crippen LogP contribution in [0.2, 0.25) is 0 Å². The first-order valence-electron chi connectivity index (χ1n) is 8.27. The maximum absolute atomic E-state index is 4.18. The lowest BCUT2D eigenvalue weighted by atomic mass is 9.89. The van der Waals surface area contributed by atoms with Gasteiger partial charge in [-0.05, 0) is 53.0 Å². The first kappa shape index (κ1) is 14.6. The molecule has 0 spiro atoms. The Labute approximate surface area is 141 Å². The highest BCUT2D eigenvalue weighted by molar-refractivity contribution is 5.72. The molecule has 0 radical (unpaired) electrons. The minimum Gasteiger partial charge on any atom is -0.346 e. The average molecular weight is 317 g/mol. The van der Waals surface area contributed by atoms with Gasteiger partial charge in [0.15, 0.2) is 0 Å². The Bertz CT molecular complexity index is 823. The minimum absolute atomic E-state index is 0.217. The van der Waals surface area contributed by atoms with Crippen LogP contribution in [-0.4, -0.2) is 26.2 Å². The fourth-order valence-electron chi connectivity index (χ4n) is 3.15. The lowest BCUT2D eigenvalue weighted by molar-refractivity contribution is 0.678. The summed E-state index contributed by atoms with van der Waals surface area (Å²) < 4.78 is 1.75. The van der Waals surface area contributed by atoms with E-state index in [1.165, 1.54) is 17.6 Å². The molecule has 0 bridgehead atoms. The molecule has 0 aliphatic heterocycles. The molecule has 0 saturated heterocycles. The van der Waals surface area contributed by atoms with Gasteiger partial charge >= 0.3 is 0 Å². The number of benzene rings is 2.